The van der Waals surface area contributed by atoms with Crippen molar-refractivity contribution >= 4 is 5.95 Å². The molecule has 1 N–H and O–H groups in total. The van der Waals surface area contributed by atoms with Gasteiger partial charge in [0.15, 0.2) is 5.82 Å². The van der Waals surface area contributed by atoms with Crippen LogP contribution in [0.5, 0.6) is 5.75 Å². The van der Waals surface area contributed by atoms with Crippen molar-refractivity contribution in [2.75, 3.05) is 12.4 Å². The zero-order valence-corrected chi connectivity index (χ0v) is 13.4. The van der Waals surface area contributed by atoms with Gasteiger partial charge in [-0.15, -0.1) is 0 Å². The maximum absolute atomic E-state index is 5.35. The van der Waals surface area contributed by atoms with Crippen molar-refractivity contribution in [3.05, 3.63) is 59.5 Å². The quantitative estimate of drug-likeness (QED) is 0.785. The van der Waals surface area contributed by atoms with Gasteiger partial charge in [0.05, 0.1) is 12.8 Å². The molecule has 2 aromatic heterocycles. The average Bonchev–Trinajstić information content (AvgIpc) is 2.92. The van der Waals surface area contributed by atoms with Gasteiger partial charge in [-0.2, -0.15) is 10.1 Å². The average molecular weight is 309 g/mol. The predicted molar refractivity (Wildman–Crippen MR) is 88.9 cm³/mol. The molecule has 23 heavy (non-hydrogen) atoms. The largest absolute Gasteiger partial charge is 0.496 e. The molecule has 0 aliphatic carbocycles. The van der Waals surface area contributed by atoms with Crippen molar-refractivity contribution in [2.45, 2.75) is 20.4 Å². The van der Waals surface area contributed by atoms with Gasteiger partial charge in [-0.3, -0.25) is 0 Å². The summed E-state index contributed by atoms with van der Waals surface area (Å²) in [5.74, 6) is 2.14. The molecule has 0 amide bonds. The third-order valence-electron chi connectivity index (χ3n) is 3.50. The summed E-state index contributed by atoms with van der Waals surface area (Å²) in [5.41, 5.74) is 3.05. The Balaban J connectivity index is 1.79. The van der Waals surface area contributed by atoms with E-state index in [0.29, 0.717) is 12.5 Å². The molecule has 0 aliphatic heterocycles. The van der Waals surface area contributed by atoms with Crippen molar-refractivity contribution in [1.29, 1.82) is 0 Å². The van der Waals surface area contributed by atoms with Gasteiger partial charge >= 0.3 is 0 Å². The second kappa shape index (κ2) is 6.48. The molecule has 0 saturated heterocycles. The van der Waals surface area contributed by atoms with Crippen LogP contribution in [0.25, 0.3) is 5.82 Å². The van der Waals surface area contributed by atoms with Gasteiger partial charge in [-0.05, 0) is 26.0 Å². The van der Waals surface area contributed by atoms with Crippen LogP contribution in [-0.2, 0) is 6.54 Å². The lowest BCUT2D eigenvalue weighted by Gasteiger charge is -2.10. The molecule has 0 saturated carbocycles. The van der Waals surface area contributed by atoms with Gasteiger partial charge in [-0.1, -0.05) is 18.2 Å². The Morgan fingerprint density at radius 3 is 2.74 bits per heavy atom. The monoisotopic (exact) mass is 309 g/mol. The van der Waals surface area contributed by atoms with Crippen LogP contribution in [0.2, 0.25) is 0 Å². The van der Waals surface area contributed by atoms with E-state index in [-0.39, 0.29) is 0 Å². The van der Waals surface area contributed by atoms with Gasteiger partial charge in [0.2, 0.25) is 5.95 Å². The van der Waals surface area contributed by atoms with E-state index in [1.54, 1.807) is 13.3 Å². The molecule has 6 nitrogen and oxygen atoms in total. The molecular formula is C17H19N5O. The van der Waals surface area contributed by atoms with Gasteiger partial charge < -0.3 is 10.1 Å². The molecule has 0 atom stereocenters. The SMILES string of the molecule is COc1ccccc1CNc1nccc(-n2nc(C)cc2C)n1. The first kappa shape index (κ1) is 15.0. The van der Waals surface area contributed by atoms with Gasteiger partial charge in [-0.25, -0.2) is 9.67 Å². The zero-order chi connectivity index (χ0) is 16.2. The molecule has 6 heteroatoms. The third kappa shape index (κ3) is 3.31. The minimum atomic E-state index is 0.556. The number of nitrogens with zero attached hydrogens (tertiary/aromatic N) is 4. The Hall–Kier alpha value is -2.89. The number of ether oxygens (including phenoxy) is 1. The molecule has 0 unspecified atom stereocenters. The standard InChI is InChI=1S/C17H19N5O/c1-12-10-13(2)22(21-12)16-8-9-18-17(20-16)19-11-14-6-4-5-7-15(14)23-3/h4-10H,11H2,1-3H3,(H,18,19,20). The molecule has 3 rings (SSSR count). The Morgan fingerprint density at radius 2 is 2.00 bits per heavy atom. The highest BCUT2D eigenvalue weighted by Crippen LogP contribution is 2.18. The van der Waals surface area contributed by atoms with Gasteiger partial charge in [0.25, 0.3) is 0 Å². The van der Waals surface area contributed by atoms with Crippen LogP contribution < -0.4 is 10.1 Å². The molecule has 0 spiro atoms. The Morgan fingerprint density at radius 1 is 1.17 bits per heavy atom. The van der Waals surface area contributed by atoms with Crippen LogP contribution in [0.15, 0.2) is 42.6 Å². The van der Waals surface area contributed by atoms with Crippen molar-refractivity contribution in [2.24, 2.45) is 0 Å². The van der Waals surface area contributed by atoms with Crippen molar-refractivity contribution in [1.82, 2.24) is 19.7 Å². The van der Waals surface area contributed by atoms with E-state index in [4.69, 9.17) is 4.74 Å². The summed E-state index contributed by atoms with van der Waals surface area (Å²) in [4.78, 5) is 8.79. The predicted octanol–water partition coefficient (Wildman–Crippen LogP) is 2.90. The molecule has 2 heterocycles. The first-order valence-electron chi connectivity index (χ1n) is 7.40. The van der Waals surface area contributed by atoms with E-state index in [9.17, 15) is 0 Å². The molecule has 118 valence electrons. The fraction of sp³-hybridized carbons (Fsp3) is 0.235. The highest BCUT2D eigenvalue weighted by atomic mass is 16.5. The lowest BCUT2D eigenvalue weighted by atomic mass is 10.2. The Labute approximate surface area is 135 Å². The summed E-state index contributed by atoms with van der Waals surface area (Å²) in [6.45, 7) is 4.56. The number of para-hydroxylation sites is 1. The minimum absolute atomic E-state index is 0.556. The van der Waals surface area contributed by atoms with E-state index >= 15 is 0 Å². The number of hydrogen-bond acceptors (Lipinski definition) is 5. The number of rotatable bonds is 5. The molecular weight excluding hydrogens is 290 g/mol. The normalized spacial score (nSPS) is 10.6. The Kier molecular flexibility index (Phi) is 4.23. The van der Waals surface area contributed by atoms with Crippen LogP contribution >= 0.6 is 0 Å². The number of benzene rings is 1. The maximum atomic E-state index is 5.35. The van der Waals surface area contributed by atoms with Gasteiger partial charge in [0.1, 0.15) is 5.75 Å². The Bertz CT molecular complexity index is 812. The first-order valence-corrected chi connectivity index (χ1v) is 7.40. The van der Waals surface area contributed by atoms with E-state index in [2.05, 4.69) is 20.4 Å². The fourth-order valence-corrected chi connectivity index (χ4v) is 2.44. The highest BCUT2D eigenvalue weighted by molar-refractivity contribution is 5.38. The molecule has 0 aliphatic rings. The summed E-state index contributed by atoms with van der Waals surface area (Å²) >= 11 is 0. The molecule has 0 bridgehead atoms. The topological polar surface area (TPSA) is 64.9 Å². The zero-order valence-electron chi connectivity index (χ0n) is 13.4. The minimum Gasteiger partial charge on any atom is -0.496 e. The number of anilines is 1. The van der Waals surface area contributed by atoms with Gasteiger partial charge in [0, 0.05) is 30.1 Å². The first-order chi connectivity index (χ1) is 11.2. The van der Waals surface area contributed by atoms with Crippen molar-refractivity contribution in [3.8, 4) is 11.6 Å². The number of aromatic nitrogens is 4. The smallest absolute Gasteiger partial charge is 0.224 e. The van der Waals surface area contributed by atoms with E-state index in [1.807, 2.05) is 54.9 Å². The van der Waals surface area contributed by atoms with E-state index in [1.165, 1.54) is 0 Å². The summed E-state index contributed by atoms with van der Waals surface area (Å²) in [6.07, 6.45) is 1.73. The van der Waals surface area contributed by atoms with Crippen LogP contribution in [0.1, 0.15) is 17.0 Å². The summed E-state index contributed by atoms with van der Waals surface area (Å²) < 4.78 is 7.16. The summed E-state index contributed by atoms with van der Waals surface area (Å²) in [6, 6.07) is 11.7. The van der Waals surface area contributed by atoms with Crippen LogP contribution in [0, 0.1) is 13.8 Å². The van der Waals surface area contributed by atoms with Crippen LogP contribution in [0.3, 0.4) is 0 Å². The highest BCUT2D eigenvalue weighted by Gasteiger charge is 2.07. The molecule has 0 radical (unpaired) electrons. The third-order valence-corrected chi connectivity index (χ3v) is 3.50. The number of methoxy groups -OCH3 is 1. The summed E-state index contributed by atoms with van der Waals surface area (Å²) in [7, 11) is 1.67. The number of nitrogens with one attached hydrogen (secondary N) is 1. The van der Waals surface area contributed by atoms with E-state index in [0.717, 1.165) is 28.5 Å². The van der Waals surface area contributed by atoms with Crippen molar-refractivity contribution in [3.63, 3.8) is 0 Å². The van der Waals surface area contributed by atoms with E-state index < -0.39 is 0 Å². The van der Waals surface area contributed by atoms with Crippen molar-refractivity contribution < 1.29 is 4.74 Å². The maximum Gasteiger partial charge on any atom is 0.224 e. The number of hydrogen-bond donors (Lipinski definition) is 1. The van der Waals surface area contributed by atoms with Crippen LogP contribution in [0.4, 0.5) is 5.95 Å². The fourth-order valence-electron chi connectivity index (χ4n) is 2.44. The molecule has 0 fully saturated rings. The molecule has 3 aromatic rings. The second-order valence-corrected chi connectivity index (χ2v) is 5.24. The van der Waals surface area contributed by atoms with Crippen LogP contribution in [-0.4, -0.2) is 26.9 Å². The molecule has 1 aromatic carbocycles. The lowest BCUT2D eigenvalue weighted by molar-refractivity contribution is 0.410. The summed E-state index contributed by atoms with van der Waals surface area (Å²) in [5, 5.41) is 7.67. The second-order valence-electron chi connectivity index (χ2n) is 5.24. The lowest BCUT2D eigenvalue weighted by Crippen LogP contribution is -2.08. The number of aryl methyl sites for hydroxylation is 2.